The van der Waals surface area contributed by atoms with Crippen LogP contribution in [0.15, 0.2) is 6.20 Å². The first-order valence-electron chi connectivity index (χ1n) is 5.68. The van der Waals surface area contributed by atoms with Crippen LogP contribution in [0.25, 0.3) is 0 Å². The van der Waals surface area contributed by atoms with Crippen LogP contribution in [0.5, 0.6) is 0 Å². The Morgan fingerprint density at radius 1 is 1.61 bits per heavy atom. The molecule has 3 N–H and O–H groups in total. The van der Waals surface area contributed by atoms with Crippen LogP contribution in [0, 0.1) is 0 Å². The van der Waals surface area contributed by atoms with Gasteiger partial charge in [-0.15, -0.1) is 0 Å². The summed E-state index contributed by atoms with van der Waals surface area (Å²) in [6.45, 7) is 3.91. The van der Waals surface area contributed by atoms with E-state index in [0.29, 0.717) is 0 Å². The molecule has 0 aliphatic heterocycles. The van der Waals surface area contributed by atoms with Gasteiger partial charge in [-0.3, -0.25) is 9.48 Å². The highest BCUT2D eigenvalue weighted by Crippen LogP contribution is 2.09. The number of methoxy groups -OCH3 is 1. The number of anilines is 1. The van der Waals surface area contributed by atoms with E-state index in [1.165, 1.54) is 18.0 Å². The molecule has 1 unspecified atom stereocenters. The van der Waals surface area contributed by atoms with E-state index >= 15 is 0 Å². The summed E-state index contributed by atoms with van der Waals surface area (Å²) in [5, 5.41) is 6.70. The number of hydrogen-bond donors (Lipinski definition) is 2. The monoisotopic (exact) mass is 254 g/mol. The van der Waals surface area contributed by atoms with Crippen molar-refractivity contribution in [3.8, 4) is 0 Å². The van der Waals surface area contributed by atoms with Crippen molar-refractivity contribution >= 4 is 17.6 Å². The fourth-order valence-corrected chi connectivity index (χ4v) is 1.34. The zero-order valence-corrected chi connectivity index (χ0v) is 10.8. The van der Waals surface area contributed by atoms with E-state index in [9.17, 15) is 9.59 Å². The average Bonchev–Trinajstić information content (AvgIpc) is 2.68. The Labute approximate surface area is 105 Å². The van der Waals surface area contributed by atoms with Crippen LogP contribution in [-0.4, -0.2) is 34.8 Å². The first-order chi connectivity index (χ1) is 8.47. The smallest absolute Gasteiger partial charge is 0.360 e. The molecular formula is C11H18N4O3. The molecule has 1 heterocycles. The largest absolute Gasteiger partial charge is 0.464 e. The molecule has 1 rings (SSSR count). The summed E-state index contributed by atoms with van der Waals surface area (Å²) in [6, 6.07) is 0.102. The van der Waals surface area contributed by atoms with Crippen molar-refractivity contribution < 1.29 is 14.3 Å². The zero-order valence-electron chi connectivity index (χ0n) is 10.8. The molecule has 0 aromatic carbocycles. The van der Waals surface area contributed by atoms with E-state index in [4.69, 9.17) is 5.73 Å². The minimum absolute atomic E-state index is 0.0194. The van der Waals surface area contributed by atoms with Gasteiger partial charge in [-0.25, -0.2) is 4.79 Å². The van der Waals surface area contributed by atoms with E-state index in [1.807, 2.05) is 13.8 Å². The number of hydrogen-bond acceptors (Lipinski definition) is 5. The van der Waals surface area contributed by atoms with Crippen molar-refractivity contribution in [2.75, 3.05) is 12.8 Å². The first-order valence-corrected chi connectivity index (χ1v) is 5.68. The molecule has 0 radical (unpaired) electrons. The molecule has 1 amide bonds. The number of carbonyl (C=O) groups excluding carboxylic acids is 2. The third kappa shape index (κ3) is 3.47. The number of carbonyl (C=O) groups is 2. The lowest BCUT2D eigenvalue weighted by Gasteiger charge is -2.10. The van der Waals surface area contributed by atoms with Gasteiger partial charge in [0.25, 0.3) is 0 Å². The Morgan fingerprint density at radius 3 is 2.83 bits per heavy atom. The highest BCUT2D eigenvalue weighted by atomic mass is 16.5. The molecule has 18 heavy (non-hydrogen) atoms. The normalized spacial score (nSPS) is 11.9. The summed E-state index contributed by atoms with van der Waals surface area (Å²) in [4.78, 5) is 22.9. The number of rotatable bonds is 5. The highest BCUT2D eigenvalue weighted by molar-refractivity contribution is 5.92. The SMILES string of the molecule is CCC(C)NC(=O)Cn1cc(N)c(C(=O)OC)n1. The third-order valence-electron chi connectivity index (χ3n) is 2.49. The van der Waals surface area contributed by atoms with Crippen molar-refractivity contribution in [1.82, 2.24) is 15.1 Å². The Kier molecular flexibility index (Phi) is 4.70. The number of esters is 1. The number of nitrogens with one attached hydrogen (secondary N) is 1. The van der Waals surface area contributed by atoms with Crippen molar-refractivity contribution in [2.24, 2.45) is 0 Å². The first kappa shape index (κ1) is 14.0. The average molecular weight is 254 g/mol. The van der Waals surface area contributed by atoms with E-state index in [1.54, 1.807) is 0 Å². The molecule has 0 saturated heterocycles. The van der Waals surface area contributed by atoms with Gasteiger partial charge in [0.1, 0.15) is 6.54 Å². The fourth-order valence-electron chi connectivity index (χ4n) is 1.34. The fraction of sp³-hybridized carbons (Fsp3) is 0.545. The summed E-state index contributed by atoms with van der Waals surface area (Å²) < 4.78 is 5.84. The number of nitrogens with zero attached hydrogens (tertiary/aromatic N) is 2. The van der Waals surface area contributed by atoms with Crippen molar-refractivity contribution in [3.63, 3.8) is 0 Å². The van der Waals surface area contributed by atoms with Gasteiger partial charge in [0.15, 0.2) is 5.69 Å². The number of nitrogens with two attached hydrogens (primary N) is 1. The molecule has 7 heteroatoms. The molecule has 0 fully saturated rings. The van der Waals surface area contributed by atoms with Crippen LogP contribution in [-0.2, 0) is 16.1 Å². The zero-order chi connectivity index (χ0) is 13.7. The molecule has 0 bridgehead atoms. The maximum Gasteiger partial charge on any atom is 0.360 e. The van der Waals surface area contributed by atoms with Gasteiger partial charge in [0.2, 0.25) is 5.91 Å². The summed E-state index contributed by atoms with van der Waals surface area (Å²) in [6.07, 6.45) is 2.28. The maximum atomic E-state index is 11.6. The van der Waals surface area contributed by atoms with E-state index in [-0.39, 0.29) is 29.9 Å². The van der Waals surface area contributed by atoms with E-state index in [2.05, 4.69) is 15.2 Å². The highest BCUT2D eigenvalue weighted by Gasteiger charge is 2.16. The lowest BCUT2D eigenvalue weighted by Crippen LogP contribution is -2.34. The van der Waals surface area contributed by atoms with Gasteiger partial charge < -0.3 is 15.8 Å². The number of aromatic nitrogens is 2. The molecule has 1 atom stereocenters. The minimum atomic E-state index is -0.617. The van der Waals surface area contributed by atoms with Gasteiger partial charge >= 0.3 is 5.97 Å². The lowest BCUT2D eigenvalue weighted by atomic mass is 10.2. The summed E-state index contributed by atoms with van der Waals surface area (Å²) in [5.74, 6) is -0.795. The third-order valence-corrected chi connectivity index (χ3v) is 2.49. The quantitative estimate of drug-likeness (QED) is 0.729. The lowest BCUT2D eigenvalue weighted by molar-refractivity contribution is -0.122. The molecule has 100 valence electrons. The van der Waals surface area contributed by atoms with Gasteiger partial charge in [0.05, 0.1) is 12.8 Å². The van der Waals surface area contributed by atoms with E-state index < -0.39 is 5.97 Å². The van der Waals surface area contributed by atoms with Crippen LogP contribution in [0.4, 0.5) is 5.69 Å². The summed E-state index contributed by atoms with van der Waals surface area (Å²) in [7, 11) is 1.25. The minimum Gasteiger partial charge on any atom is -0.464 e. The van der Waals surface area contributed by atoms with Crippen molar-refractivity contribution in [1.29, 1.82) is 0 Å². The van der Waals surface area contributed by atoms with Crippen LogP contribution < -0.4 is 11.1 Å². The molecule has 0 saturated carbocycles. The summed E-state index contributed by atoms with van der Waals surface area (Å²) >= 11 is 0. The standard InChI is InChI=1S/C11H18N4O3/c1-4-7(2)13-9(16)6-15-5-8(12)10(14-15)11(17)18-3/h5,7H,4,6,12H2,1-3H3,(H,13,16). The maximum absolute atomic E-state index is 11.6. The van der Waals surface area contributed by atoms with E-state index in [0.717, 1.165) is 6.42 Å². The van der Waals surface area contributed by atoms with Crippen molar-refractivity contribution in [3.05, 3.63) is 11.9 Å². The van der Waals surface area contributed by atoms with Crippen molar-refractivity contribution in [2.45, 2.75) is 32.9 Å². The van der Waals surface area contributed by atoms with Crippen LogP contribution in [0.2, 0.25) is 0 Å². The molecule has 0 aliphatic rings. The number of amides is 1. The topological polar surface area (TPSA) is 99.2 Å². The molecule has 1 aromatic heterocycles. The van der Waals surface area contributed by atoms with Gasteiger partial charge in [-0.2, -0.15) is 5.10 Å². The van der Waals surface area contributed by atoms with Gasteiger partial charge in [-0.05, 0) is 13.3 Å². The molecule has 1 aromatic rings. The Bertz CT molecular complexity index is 441. The Hall–Kier alpha value is -2.05. The second kappa shape index (κ2) is 6.04. The number of nitrogen functional groups attached to an aromatic ring is 1. The Morgan fingerprint density at radius 2 is 2.28 bits per heavy atom. The number of ether oxygens (including phenoxy) is 1. The Balaban J connectivity index is 2.69. The van der Waals surface area contributed by atoms with Crippen LogP contribution >= 0.6 is 0 Å². The molecule has 0 spiro atoms. The predicted molar refractivity (Wildman–Crippen MR) is 65.9 cm³/mol. The summed E-state index contributed by atoms with van der Waals surface area (Å²) in [5.41, 5.74) is 5.82. The van der Waals surface area contributed by atoms with Gasteiger partial charge in [-0.1, -0.05) is 6.92 Å². The second-order valence-electron chi connectivity index (χ2n) is 4.00. The van der Waals surface area contributed by atoms with Crippen LogP contribution in [0.3, 0.4) is 0 Å². The molecular weight excluding hydrogens is 236 g/mol. The second-order valence-corrected chi connectivity index (χ2v) is 4.00. The molecule has 7 nitrogen and oxygen atoms in total. The van der Waals surface area contributed by atoms with Gasteiger partial charge in [0, 0.05) is 12.2 Å². The molecule has 0 aliphatic carbocycles. The predicted octanol–water partition coefficient (Wildman–Crippen LogP) is 0.167. The van der Waals surface area contributed by atoms with Crippen LogP contribution in [0.1, 0.15) is 30.8 Å².